The molecule has 1 amide bonds. The van der Waals surface area contributed by atoms with Crippen LogP contribution in [0.5, 0.6) is 0 Å². The van der Waals surface area contributed by atoms with Crippen LogP contribution >= 0.6 is 0 Å². The van der Waals surface area contributed by atoms with Gasteiger partial charge < -0.3 is 4.74 Å². The van der Waals surface area contributed by atoms with Crippen LogP contribution in [0.1, 0.15) is 13.8 Å². The molecule has 0 bridgehead atoms. The zero-order valence-corrected chi connectivity index (χ0v) is 5.55. The fraction of sp³-hybridized carbons (Fsp3) is 0.600. The molecule has 0 fully saturated rings. The molecule has 0 spiro atoms. The zero-order chi connectivity index (χ0) is 7.11. The van der Waals surface area contributed by atoms with Gasteiger partial charge in [-0.25, -0.2) is 10.2 Å². The first-order valence-electron chi connectivity index (χ1n) is 2.71. The maximum atomic E-state index is 10.4. The molecule has 0 aromatic carbocycles. The average molecular weight is 130 g/mol. The van der Waals surface area contributed by atoms with Gasteiger partial charge in [-0.1, -0.05) is 0 Å². The molecule has 0 aromatic rings. The minimum absolute atomic E-state index is 0.366. The highest BCUT2D eigenvalue weighted by Crippen LogP contribution is 1.73. The van der Waals surface area contributed by atoms with E-state index in [0.29, 0.717) is 6.61 Å². The molecule has 0 aromatic heterocycles. The Morgan fingerprint density at radius 1 is 1.89 bits per heavy atom. The molecular formula is C5H10N2O2. The Balaban J connectivity index is 3.27. The molecule has 4 heteroatoms. The van der Waals surface area contributed by atoms with Crippen molar-refractivity contribution in [2.24, 2.45) is 5.10 Å². The van der Waals surface area contributed by atoms with Crippen molar-refractivity contribution in [3.8, 4) is 0 Å². The smallest absolute Gasteiger partial charge is 0.427 e. The number of hydrogen-bond acceptors (Lipinski definition) is 3. The van der Waals surface area contributed by atoms with Crippen molar-refractivity contribution in [2.75, 3.05) is 6.61 Å². The highest BCUT2D eigenvalue weighted by molar-refractivity contribution is 5.68. The molecule has 9 heavy (non-hydrogen) atoms. The summed E-state index contributed by atoms with van der Waals surface area (Å²) in [4.78, 5) is 10.4. The van der Waals surface area contributed by atoms with Gasteiger partial charge in [-0.15, -0.1) is 0 Å². The van der Waals surface area contributed by atoms with Gasteiger partial charge in [-0.2, -0.15) is 5.10 Å². The lowest BCUT2D eigenvalue weighted by atomic mass is 10.9. The third-order valence-corrected chi connectivity index (χ3v) is 0.560. The van der Waals surface area contributed by atoms with E-state index < -0.39 is 6.09 Å². The Hall–Kier alpha value is -1.06. The standard InChI is InChI=1S/C5H10N2O2/c1-3-6-7-5(8)9-4-2/h3H,4H2,1-2H3,(H,7,8)/b6-3-. The first kappa shape index (κ1) is 7.94. The van der Waals surface area contributed by atoms with Crippen LogP contribution in [-0.4, -0.2) is 18.9 Å². The lowest BCUT2D eigenvalue weighted by molar-refractivity contribution is 0.152. The largest absolute Gasteiger partial charge is 0.449 e. The van der Waals surface area contributed by atoms with Gasteiger partial charge in [0.1, 0.15) is 0 Å². The number of hydrazone groups is 1. The first-order chi connectivity index (χ1) is 4.31. The number of rotatable bonds is 2. The van der Waals surface area contributed by atoms with Crippen molar-refractivity contribution in [3.05, 3.63) is 0 Å². The summed E-state index contributed by atoms with van der Waals surface area (Å²) >= 11 is 0. The van der Waals surface area contributed by atoms with E-state index in [9.17, 15) is 4.79 Å². The topological polar surface area (TPSA) is 50.7 Å². The normalized spacial score (nSPS) is 9.56. The summed E-state index contributed by atoms with van der Waals surface area (Å²) in [6.07, 6.45) is 0.951. The van der Waals surface area contributed by atoms with Gasteiger partial charge in [-0.05, 0) is 13.8 Å². The molecule has 0 rings (SSSR count). The highest BCUT2D eigenvalue weighted by atomic mass is 16.5. The van der Waals surface area contributed by atoms with Gasteiger partial charge >= 0.3 is 6.09 Å². The zero-order valence-electron chi connectivity index (χ0n) is 5.55. The summed E-state index contributed by atoms with van der Waals surface area (Å²) in [6, 6.07) is 0. The van der Waals surface area contributed by atoms with Crippen LogP contribution in [0.3, 0.4) is 0 Å². The summed E-state index contributed by atoms with van der Waals surface area (Å²) in [5, 5.41) is 3.44. The van der Waals surface area contributed by atoms with E-state index in [0.717, 1.165) is 0 Å². The van der Waals surface area contributed by atoms with Crippen molar-refractivity contribution in [1.82, 2.24) is 5.43 Å². The van der Waals surface area contributed by atoms with Crippen molar-refractivity contribution < 1.29 is 9.53 Å². The number of ether oxygens (including phenoxy) is 1. The Labute approximate surface area is 53.9 Å². The maximum Gasteiger partial charge on any atom is 0.427 e. The molecular weight excluding hydrogens is 120 g/mol. The van der Waals surface area contributed by atoms with Crippen molar-refractivity contribution in [1.29, 1.82) is 0 Å². The molecule has 1 N–H and O–H groups in total. The summed E-state index contributed by atoms with van der Waals surface area (Å²) in [5.41, 5.74) is 2.14. The van der Waals surface area contributed by atoms with Gasteiger partial charge in [0.25, 0.3) is 0 Å². The van der Waals surface area contributed by atoms with Crippen LogP contribution in [0.15, 0.2) is 5.10 Å². The number of nitrogens with one attached hydrogen (secondary N) is 1. The monoisotopic (exact) mass is 130 g/mol. The summed E-state index contributed by atoms with van der Waals surface area (Å²) in [6.45, 7) is 3.80. The van der Waals surface area contributed by atoms with E-state index in [4.69, 9.17) is 0 Å². The summed E-state index contributed by atoms with van der Waals surface area (Å²) < 4.78 is 4.48. The summed E-state index contributed by atoms with van der Waals surface area (Å²) in [5.74, 6) is 0. The summed E-state index contributed by atoms with van der Waals surface area (Å²) in [7, 11) is 0. The van der Waals surface area contributed by atoms with E-state index in [1.165, 1.54) is 6.21 Å². The van der Waals surface area contributed by atoms with E-state index in [-0.39, 0.29) is 0 Å². The number of nitrogens with zero attached hydrogens (tertiary/aromatic N) is 1. The Morgan fingerprint density at radius 3 is 3.00 bits per heavy atom. The highest BCUT2D eigenvalue weighted by Gasteiger charge is 1.93. The Bertz CT molecular complexity index is 112. The molecule has 0 heterocycles. The molecule has 4 nitrogen and oxygen atoms in total. The Kier molecular flexibility index (Phi) is 4.49. The van der Waals surface area contributed by atoms with Gasteiger partial charge in [0, 0.05) is 6.21 Å². The Morgan fingerprint density at radius 2 is 2.56 bits per heavy atom. The maximum absolute atomic E-state index is 10.4. The van der Waals surface area contributed by atoms with Gasteiger partial charge in [-0.3, -0.25) is 0 Å². The van der Waals surface area contributed by atoms with Crippen LogP contribution in [0.25, 0.3) is 0 Å². The van der Waals surface area contributed by atoms with Crippen molar-refractivity contribution in [3.63, 3.8) is 0 Å². The van der Waals surface area contributed by atoms with Gasteiger partial charge in [0.05, 0.1) is 6.61 Å². The van der Waals surface area contributed by atoms with Crippen LogP contribution in [0.2, 0.25) is 0 Å². The lowest BCUT2D eigenvalue weighted by Gasteiger charge is -1.96. The molecule has 0 aliphatic carbocycles. The molecule has 0 aliphatic heterocycles. The second-order valence-electron chi connectivity index (χ2n) is 1.22. The van der Waals surface area contributed by atoms with E-state index >= 15 is 0 Å². The minimum atomic E-state index is -0.518. The molecule has 0 unspecified atom stereocenters. The quantitative estimate of drug-likeness (QED) is 0.442. The van der Waals surface area contributed by atoms with Gasteiger partial charge in [0.2, 0.25) is 0 Å². The first-order valence-corrected chi connectivity index (χ1v) is 2.71. The van der Waals surface area contributed by atoms with E-state index in [1.807, 2.05) is 0 Å². The third-order valence-electron chi connectivity index (χ3n) is 0.560. The fourth-order valence-corrected chi connectivity index (χ4v) is 0.281. The van der Waals surface area contributed by atoms with Crippen LogP contribution in [0, 0.1) is 0 Å². The number of hydrogen-bond donors (Lipinski definition) is 1. The number of amides is 1. The number of carbonyl (C=O) groups is 1. The minimum Gasteiger partial charge on any atom is -0.449 e. The predicted molar refractivity (Wildman–Crippen MR) is 34.3 cm³/mol. The molecule has 52 valence electrons. The second kappa shape index (κ2) is 5.08. The van der Waals surface area contributed by atoms with Gasteiger partial charge in [0.15, 0.2) is 0 Å². The van der Waals surface area contributed by atoms with Crippen LogP contribution in [-0.2, 0) is 4.74 Å². The molecule has 0 saturated carbocycles. The van der Waals surface area contributed by atoms with E-state index in [1.54, 1.807) is 13.8 Å². The lowest BCUT2D eigenvalue weighted by Crippen LogP contribution is -2.18. The van der Waals surface area contributed by atoms with Crippen molar-refractivity contribution in [2.45, 2.75) is 13.8 Å². The average Bonchev–Trinajstić information content (AvgIpc) is 1.85. The molecule has 0 saturated heterocycles. The van der Waals surface area contributed by atoms with Crippen LogP contribution in [0.4, 0.5) is 4.79 Å². The SMILES string of the molecule is C/C=N\NC(=O)OCC. The number of carbonyl (C=O) groups excluding carboxylic acids is 1. The molecule has 0 atom stereocenters. The second-order valence-corrected chi connectivity index (χ2v) is 1.22. The van der Waals surface area contributed by atoms with E-state index in [2.05, 4.69) is 15.3 Å². The fourth-order valence-electron chi connectivity index (χ4n) is 0.281. The van der Waals surface area contributed by atoms with Crippen LogP contribution < -0.4 is 5.43 Å². The predicted octanol–water partition coefficient (Wildman–Crippen LogP) is 0.738. The van der Waals surface area contributed by atoms with Crippen molar-refractivity contribution >= 4 is 12.3 Å². The molecule has 0 radical (unpaired) electrons. The molecule has 0 aliphatic rings. The third kappa shape index (κ3) is 4.80.